The minimum Gasteiger partial charge on any atom is -0.391 e. The second-order valence-electron chi connectivity index (χ2n) is 7.07. The van der Waals surface area contributed by atoms with Crippen molar-refractivity contribution in [2.75, 3.05) is 52.9 Å². The molecule has 0 bridgehead atoms. The molecule has 0 aromatic carbocycles. The Morgan fingerprint density at radius 1 is 0.846 bits per heavy atom. The highest BCUT2D eigenvalue weighted by Gasteiger charge is 2.15. The van der Waals surface area contributed by atoms with Crippen molar-refractivity contribution in [3.63, 3.8) is 0 Å². The first-order valence-corrected chi connectivity index (χ1v) is 9.77. The predicted octanol–water partition coefficient (Wildman–Crippen LogP) is 1.79. The minimum absolute atomic E-state index is 0.00290. The van der Waals surface area contributed by atoms with E-state index >= 15 is 0 Å². The summed E-state index contributed by atoms with van der Waals surface area (Å²) in [7, 11) is 0. The van der Waals surface area contributed by atoms with Crippen LogP contribution in [0.1, 0.15) is 40.5 Å². The molecular weight excluding hydrogens is 340 g/mol. The predicted molar refractivity (Wildman–Crippen MR) is 98.5 cm³/mol. The third-order valence-corrected chi connectivity index (χ3v) is 3.91. The molecule has 1 aliphatic heterocycles. The average molecular weight is 379 g/mol. The van der Waals surface area contributed by atoms with Crippen LogP contribution in [0.2, 0.25) is 0 Å². The van der Waals surface area contributed by atoms with Gasteiger partial charge in [0, 0.05) is 6.61 Å². The van der Waals surface area contributed by atoms with Crippen molar-refractivity contribution in [3.8, 4) is 0 Å². The van der Waals surface area contributed by atoms with Gasteiger partial charge in [0.25, 0.3) is 0 Å². The van der Waals surface area contributed by atoms with Crippen molar-refractivity contribution in [3.05, 3.63) is 0 Å². The maximum absolute atomic E-state index is 9.18. The molecule has 1 aliphatic rings. The average Bonchev–Trinajstić information content (AvgIpc) is 3.12. The normalized spacial score (nSPS) is 22.3. The first-order chi connectivity index (χ1) is 12.5. The van der Waals surface area contributed by atoms with Crippen LogP contribution in [0.4, 0.5) is 0 Å². The Labute approximate surface area is 158 Å². The highest BCUT2D eigenvalue weighted by molar-refractivity contribution is 4.63. The van der Waals surface area contributed by atoms with E-state index in [1.54, 1.807) is 6.92 Å². The number of rotatable bonds is 16. The monoisotopic (exact) mass is 378 g/mol. The topological polar surface area (TPSA) is 75.6 Å². The van der Waals surface area contributed by atoms with Crippen LogP contribution in [0.3, 0.4) is 0 Å². The van der Waals surface area contributed by atoms with Crippen LogP contribution < -0.4 is 0 Å². The van der Waals surface area contributed by atoms with Crippen LogP contribution >= 0.6 is 0 Å². The molecule has 0 amide bonds. The molecule has 7 nitrogen and oxygen atoms in total. The molecular formula is C19H38O7. The van der Waals surface area contributed by atoms with Gasteiger partial charge in [0.05, 0.1) is 76.8 Å². The van der Waals surface area contributed by atoms with Crippen molar-refractivity contribution < 1.29 is 33.5 Å². The highest BCUT2D eigenvalue weighted by atomic mass is 16.6. The zero-order valence-electron chi connectivity index (χ0n) is 16.9. The SMILES string of the molecule is CC(O)COC(C)COC(C)COC(C)COCCOCC1CCCO1. The Morgan fingerprint density at radius 3 is 2.00 bits per heavy atom. The molecule has 5 unspecified atom stereocenters. The third kappa shape index (κ3) is 13.0. The Balaban J connectivity index is 1.90. The van der Waals surface area contributed by atoms with Gasteiger partial charge in [-0.05, 0) is 40.5 Å². The van der Waals surface area contributed by atoms with Gasteiger partial charge in [-0.25, -0.2) is 0 Å². The molecule has 1 N–H and O–H groups in total. The van der Waals surface area contributed by atoms with Crippen molar-refractivity contribution in [2.24, 2.45) is 0 Å². The van der Waals surface area contributed by atoms with Crippen molar-refractivity contribution in [2.45, 2.75) is 71.1 Å². The van der Waals surface area contributed by atoms with Gasteiger partial charge in [0.15, 0.2) is 0 Å². The summed E-state index contributed by atoms with van der Waals surface area (Å²) in [6, 6.07) is 0. The molecule has 26 heavy (non-hydrogen) atoms. The number of aliphatic hydroxyl groups is 1. The number of hydrogen-bond acceptors (Lipinski definition) is 7. The van der Waals surface area contributed by atoms with Crippen LogP contribution in [0, 0.1) is 0 Å². The van der Waals surface area contributed by atoms with Gasteiger partial charge < -0.3 is 33.5 Å². The Hall–Kier alpha value is -0.280. The fourth-order valence-corrected chi connectivity index (χ4v) is 2.41. The maximum atomic E-state index is 9.18. The van der Waals surface area contributed by atoms with Crippen LogP contribution in [0.5, 0.6) is 0 Å². The quantitative estimate of drug-likeness (QED) is 0.410. The lowest BCUT2D eigenvalue weighted by Gasteiger charge is -2.20. The van der Waals surface area contributed by atoms with E-state index in [2.05, 4.69) is 0 Å². The lowest BCUT2D eigenvalue weighted by Crippen LogP contribution is -2.28. The van der Waals surface area contributed by atoms with E-state index in [0.717, 1.165) is 19.4 Å². The van der Waals surface area contributed by atoms with E-state index in [1.807, 2.05) is 20.8 Å². The number of aliphatic hydroxyl groups excluding tert-OH is 1. The molecule has 1 saturated heterocycles. The van der Waals surface area contributed by atoms with Crippen molar-refractivity contribution >= 4 is 0 Å². The van der Waals surface area contributed by atoms with Crippen LogP contribution in [-0.2, 0) is 28.4 Å². The Bertz CT molecular complexity index is 321. The third-order valence-electron chi connectivity index (χ3n) is 3.91. The summed E-state index contributed by atoms with van der Waals surface area (Å²) in [6.07, 6.45) is 1.96. The van der Waals surface area contributed by atoms with Gasteiger partial charge in [-0.3, -0.25) is 0 Å². The van der Waals surface area contributed by atoms with E-state index in [4.69, 9.17) is 28.4 Å². The van der Waals surface area contributed by atoms with Crippen molar-refractivity contribution in [1.82, 2.24) is 0 Å². The molecule has 0 aromatic heterocycles. The summed E-state index contributed by atoms with van der Waals surface area (Å²) < 4.78 is 33.5. The number of ether oxygens (including phenoxy) is 6. The molecule has 0 aliphatic carbocycles. The second kappa shape index (κ2) is 14.7. The zero-order chi connectivity index (χ0) is 19.2. The minimum atomic E-state index is -0.458. The van der Waals surface area contributed by atoms with E-state index < -0.39 is 6.10 Å². The summed E-state index contributed by atoms with van der Waals surface area (Å²) in [6.45, 7) is 12.1. The lowest BCUT2D eigenvalue weighted by atomic mass is 10.2. The molecule has 0 saturated carbocycles. The van der Waals surface area contributed by atoms with E-state index in [9.17, 15) is 5.11 Å². The Morgan fingerprint density at radius 2 is 1.42 bits per heavy atom. The van der Waals surface area contributed by atoms with Gasteiger partial charge in [-0.15, -0.1) is 0 Å². The summed E-state index contributed by atoms with van der Waals surface area (Å²) >= 11 is 0. The largest absolute Gasteiger partial charge is 0.391 e. The number of hydrogen-bond donors (Lipinski definition) is 1. The van der Waals surface area contributed by atoms with Gasteiger partial charge in [-0.2, -0.15) is 0 Å². The lowest BCUT2D eigenvalue weighted by molar-refractivity contribution is -0.0891. The van der Waals surface area contributed by atoms with Crippen LogP contribution in [0.25, 0.3) is 0 Å². The fourth-order valence-electron chi connectivity index (χ4n) is 2.41. The Kier molecular flexibility index (Phi) is 13.5. The molecule has 0 spiro atoms. The van der Waals surface area contributed by atoms with Crippen LogP contribution in [-0.4, -0.2) is 88.5 Å². The first-order valence-electron chi connectivity index (χ1n) is 9.77. The smallest absolute Gasteiger partial charge is 0.0809 e. The highest BCUT2D eigenvalue weighted by Crippen LogP contribution is 2.11. The van der Waals surface area contributed by atoms with E-state index in [1.165, 1.54) is 0 Å². The molecule has 7 heteroatoms. The zero-order valence-corrected chi connectivity index (χ0v) is 16.9. The van der Waals surface area contributed by atoms with Gasteiger partial charge in [0.1, 0.15) is 0 Å². The molecule has 1 fully saturated rings. The molecule has 156 valence electrons. The maximum Gasteiger partial charge on any atom is 0.0809 e. The van der Waals surface area contributed by atoms with E-state index in [-0.39, 0.29) is 24.4 Å². The second-order valence-corrected chi connectivity index (χ2v) is 7.07. The molecule has 0 aromatic rings. The molecule has 0 radical (unpaired) electrons. The van der Waals surface area contributed by atoms with Crippen molar-refractivity contribution in [1.29, 1.82) is 0 Å². The fraction of sp³-hybridized carbons (Fsp3) is 1.00. The standard InChI is InChI=1S/C19H38O7/c1-15(20)10-24-17(3)12-26-18(4)13-25-16(2)11-21-8-9-22-14-19-6-5-7-23-19/h15-20H,5-14H2,1-4H3. The molecule has 1 rings (SSSR count). The van der Waals surface area contributed by atoms with Gasteiger partial charge >= 0.3 is 0 Å². The molecule has 5 atom stereocenters. The first kappa shape index (κ1) is 23.8. The summed E-state index contributed by atoms with van der Waals surface area (Å²) in [5.41, 5.74) is 0. The van der Waals surface area contributed by atoms with Crippen LogP contribution in [0.15, 0.2) is 0 Å². The van der Waals surface area contributed by atoms with Gasteiger partial charge in [-0.1, -0.05) is 0 Å². The van der Waals surface area contributed by atoms with E-state index in [0.29, 0.717) is 46.2 Å². The summed E-state index contributed by atoms with van der Waals surface area (Å²) in [4.78, 5) is 0. The summed E-state index contributed by atoms with van der Waals surface area (Å²) in [5, 5.41) is 9.18. The van der Waals surface area contributed by atoms with Gasteiger partial charge in [0.2, 0.25) is 0 Å². The summed E-state index contributed by atoms with van der Waals surface area (Å²) in [5.74, 6) is 0. The molecule has 1 heterocycles.